The number of aromatic hydroxyl groups is 1. The van der Waals surface area contributed by atoms with E-state index in [0.29, 0.717) is 13.1 Å². The Balaban J connectivity index is 1.85. The molecule has 0 saturated carbocycles. The average Bonchev–Trinajstić information content (AvgIpc) is 2.77. The summed E-state index contributed by atoms with van der Waals surface area (Å²) in [6.45, 7) is 7.12. The maximum Gasteiger partial charge on any atom is 0.453 e. The molecule has 0 amide bonds. The number of alkyl halides is 3. The van der Waals surface area contributed by atoms with Gasteiger partial charge in [-0.1, -0.05) is 12.1 Å². The van der Waals surface area contributed by atoms with Crippen molar-refractivity contribution in [2.24, 2.45) is 0 Å². The van der Waals surface area contributed by atoms with Gasteiger partial charge in [-0.25, -0.2) is 0 Å². The van der Waals surface area contributed by atoms with Crippen LogP contribution in [0.15, 0.2) is 45.6 Å². The van der Waals surface area contributed by atoms with Crippen LogP contribution >= 0.6 is 0 Å². The van der Waals surface area contributed by atoms with E-state index in [1.807, 2.05) is 13.8 Å². The van der Waals surface area contributed by atoms with Crippen LogP contribution in [0.2, 0.25) is 0 Å². The fraction of sp³-hybridized carbons (Fsp3) is 0.400. The summed E-state index contributed by atoms with van der Waals surface area (Å²) < 4.78 is 64.1. The normalized spacial score (nSPS) is 20.7. The number of ether oxygens (including phenoxy) is 3. The number of halogens is 3. The molecule has 4 rings (SSSR count). The van der Waals surface area contributed by atoms with Crippen molar-refractivity contribution in [3.05, 3.63) is 57.9 Å². The van der Waals surface area contributed by atoms with Crippen molar-refractivity contribution in [1.82, 2.24) is 0 Å². The smallest absolute Gasteiger partial charge is 0.453 e. The molecular weight excluding hydrogens is 467 g/mol. The Kier molecular flexibility index (Phi) is 6.95. The fourth-order valence-electron chi connectivity index (χ4n) is 4.44. The number of quaternary nitrogens is 1. The van der Waals surface area contributed by atoms with E-state index in [1.54, 1.807) is 19.1 Å². The summed E-state index contributed by atoms with van der Waals surface area (Å²) in [6, 6.07) is 8.64. The van der Waals surface area contributed by atoms with Crippen LogP contribution in [0.4, 0.5) is 13.2 Å². The second-order valence-corrected chi connectivity index (χ2v) is 8.60. The van der Waals surface area contributed by atoms with Gasteiger partial charge in [0.05, 0.1) is 17.6 Å². The molecule has 2 atom stereocenters. The molecule has 0 radical (unpaired) electrons. The SMILES string of the molecule is CCOc1ccccc1Oc1c(C(F)(F)F)oc2c(C[NH+]3C[C@@H](C)O[C@H](C)C3)c(O)ccc2c1=O. The molecule has 2 heterocycles. The van der Waals surface area contributed by atoms with Gasteiger partial charge in [0.15, 0.2) is 17.1 Å². The Labute approximate surface area is 199 Å². The molecule has 1 aliphatic rings. The number of phenolic OH excluding ortho intramolecular Hbond substituents is 1. The van der Waals surface area contributed by atoms with E-state index in [2.05, 4.69) is 0 Å². The number of fused-ring (bicyclic) bond motifs is 1. The van der Waals surface area contributed by atoms with Crippen molar-refractivity contribution >= 4 is 11.0 Å². The molecule has 1 aromatic heterocycles. The lowest BCUT2D eigenvalue weighted by atomic mass is 10.1. The third-order valence-electron chi connectivity index (χ3n) is 5.76. The quantitative estimate of drug-likeness (QED) is 0.541. The van der Waals surface area contributed by atoms with Crippen molar-refractivity contribution < 1.29 is 41.8 Å². The molecule has 2 N–H and O–H groups in total. The van der Waals surface area contributed by atoms with E-state index in [0.717, 1.165) is 4.90 Å². The summed E-state index contributed by atoms with van der Waals surface area (Å²) >= 11 is 0. The number of hydrogen-bond acceptors (Lipinski definition) is 6. The van der Waals surface area contributed by atoms with Gasteiger partial charge in [0.25, 0.3) is 5.76 Å². The van der Waals surface area contributed by atoms with Crippen LogP contribution < -0.4 is 19.8 Å². The number of rotatable bonds is 6. The molecule has 0 spiro atoms. The predicted molar refractivity (Wildman–Crippen MR) is 121 cm³/mol. The van der Waals surface area contributed by atoms with Crippen LogP contribution in [-0.2, 0) is 17.5 Å². The Morgan fingerprint density at radius 1 is 1.09 bits per heavy atom. The first-order chi connectivity index (χ1) is 16.6. The van der Waals surface area contributed by atoms with Crippen molar-refractivity contribution in [3.63, 3.8) is 0 Å². The van der Waals surface area contributed by atoms with Crippen molar-refractivity contribution in [2.45, 2.75) is 45.7 Å². The number of hydrogen-bond donors (Lipinski definition) is 2. The highest BCUT2D eigenvalue weighted by atomic mass is 19.4. The lowest BCUT2D eigenvalue weighted by molar-refractivity contribution is -0.928. The van der Waals surface area contributed by atoms with Gasteiger partial charge in [0, 0.05) is 0 Å². The zero-order valence-corrected chi connectivity index (χ0v) is 19.6. The molecule has 35 heavy (non-hydrogen) atoms. The van der Waals surface area contributed by atoms with Gasteiger partial charge in [0.2, 0.25) is 11.2 Å². The standard InChI is InChI=1S/C25H26F3NO6/c1-4-32-19-7-5-6-8-20(19)34-23-21(31)16-9-10-18(30)17(22(16)35-24(23)25(26,27)28)13-29-11-14(2)33-15(3)12-29/h5-10,14-15,30H,4,11-13H2,1-3H3/p+1/t14-,15-/m1/s1. The van der Waals surface area contributed by atoms with Crippen molar-refractivity contribution in [1.29, 1.82) is 0 Å². The van der Waals surface area contributed by atoms with Gasteiger partial charge in [-0.2, -0.15) is 13.2 Å². The molecule has 7 nitrogen and oxygen atoms in total. The number of para-hydroxylation sites is 2. The van der Waals surface area contributed by atoms with Crippen molar-refractivity contribution in [3.8, 4) is 23.0 Å². The molecule has 0 bridgehead atoms. The predicted octanol–water partition coefficient (Wildman–Crippen LogP) is 3.90. The summed E-state index contributed by atoms with van der Waals surface area (Å²) in [4.78, 5) is 14.3. The maximum absolute atomic E-state index is 14.1. The molecule has 1 aliphatic heterocycles. The minimum atomic E-state index is -5.03. The van der Waals surface area contributed by atoms with E-state index < -0.39 is 23.1 Å². The zero-order valence-electron chi connectivity index (χ0n) is 19.6. The van der Waals surface area contributed by atoms with E-state index in [4.69, 9.17) is 18.6 Å². The third kappa shape index (κ3) is 5.23. The number of phenols is 1. The van der Waals surface area contributed by atoms with Crippen LogP contribution in [0.3, 0.4) is 0 Å². The first kappa shape index (κ1) is 24.9. The Morgan fingerprint density at radius 2 is 1.74 bits per heavy atom. The van der Waals surface area contributed by atoms with Gasteiger partial charge < -0.3 is 28.6 Å². The van der Waals surface area contributed by atoms with Crippen LogP contribution in [0, 0.1) is 0 Å². The molecule has 0 aliphatic carbocycles. The molecule has 10 heteroatoms. The molecule has 188 valence electrons. The largest absolute Gasteiger partial charge is 0.507 e. The average molecular weight is 494 g/mol. The third-order valence-corrected chi connectivity index (χ3v) is 5.76. The van der Waals surface area contributed by atoms with Gasteiger partial charge >= 0.3 is 6.18 Å². The topological polar surface area (TPSA) is 82.6 Å². The molecule has 0 unspecified atom stereocenters. The summed E-state index contributed by atoms with van der Waals surface area (Å²) in [6.07, 6.45) is -5.15. The van der Waals surface area contributed by atoms with E-state index in [9.17, 15) is 23.1 Å². The summed E-state index contributed by atoms with van der Waals surface area (Å²) in [7, 11) is 0. The summed E-state index contributed by atoms with van der Waals surface area (Å²) in [5, 5.41) is 10.4. The monoisotopic (exact) mass is 494 g/mol. The Morgan fingerprint density at radius 3 is 2.37 bits per heavy atom. The minimum absolute atomic E-state index is 0.0498. The van der Waals surface area contributed by atoms with E-state index in [1.165, 1.54) is 24.3 Å². The highest BCUT2D eigenvalue weighted by molar-refractivity contribution is 5.83. The lowest BCUT2D eigenvalue weighted by Gasteiger charge is -2.32. The Hall–Kier alpha value is -3.24. The lowest BCUT2D eigenvalue weighted by Crippen LogP contribution is -3.14. The van der Waals surface area contributed by atoms with Gasteiger partial charge in [-0.15, -0.1) is 0 Å². The van der Waals surface area contributed by atoms with Gasteiger partial charge in [-0.05, 0) is 45.0 Å². The number of morpholine rings is 1. The highest BCUT2D eigenvalue weighted by Gasteiger charge is 2.41. The zero-order chi connectivity index (χ0) is 25.3. The van der Waals surface area contributed by atoms with Crippen LogP contribution in [0.5, 0.6) is 23.0 Å². The first-order valence-corrected chi connectivity index (χ1v) is 11.4. The molecule has 3 aromatic rings. The van der Waals surface area contributed by atoms with Crippen LogP contribution in [0.25, 0.3) is 11.0 Å². The molecule has 2 aromatic carbocycles. The minimum Gasteiger partial charge on any atom is -0.507 e. The summed E-state index contributed by atoms with van der Waals surface area (Å²) in [5.74, 6) is -2.68. The molecule has 1 saturated heterocycles. The van der Waals surface area contributed by atoms with Crippen molar-refractivity contribution in [2.75, 3.05) is 19.7 Å². The number of nitrogens with one attached hydrogen (secondary N) is 1. The van der Waals surface area contributed by atoms with Crippen LogP contribution in [-0.4, -0.2) is 37.0 Å². The first-order valence-electron chi connectivity index (χ1n) is 11.4. The molecule has 1 fully saturated rings. The Bertz CT molecular complexity index is 1260. The number of benzene rings is 2. The maximum atomic E-state index is 14.1. The highest BCUT2D eigenvalue weighted by Crippen LogP contribution is 2.41. The summed E-state index contributed by atoms with van der Waals surface area (Å²) in [5.41, 5.74) is -1.18. The molecular formula is C25H27F3NO6+. The van der Waals surface area contributed by atoms with E-state index >= 15 is 0 Å². The van der Waals surface area contributed by atoms with Gasteiger partial charge in [-0.3, -0.25) is 4.79 Å². The van der Waals surface area contributed by atoms with Gasteiger partial charge in [0.1, 0.15) is 37.6 Å². The van der Waals surface area contributed by atoms with E-state index in [-0.39, 0.29) is 59.1 Å². The second-order valence-electron chi connectivity index (χ2n) is 8.60. The second kappa shape index (κ2) is 9.79. The fourth-order valence-corrected chi connectivity index (χ4v) is 4.44. The van der Waals surface area contributed by atoms with Crippen LogP contribution in [0.1, 0.15) is 32.1 Å².